The summed E-state index contributed by atoms with van der Waals surface area (Å²) >= 11 is 6.24. The highest BCUT2D eigenvalue weighted by molar-refractivity contribution is 6.32. The third kappa shape index (κ3) is 3.15. The number of hydrogen-bond donors (Lipinski definition) is 2. The fraction of sp³-hybridized carbons (Fsp3) is 0.200. The zero-order chi connectivity index (χ0) is 14.7. The van der Waals surface area contributed by atoms with Gasteiger partial charge in [-0.25, -0.2) is 8.78 Å². The van der Waals surface area contributed by atoms with Gasteiger partial charge in [0, 0.05) is 5.02 Å². The van der Waals surface area contributed by atoms with Crippen LogP contribution in [0.5, 0.6) is 0 Å². The Kier molecular flexibility index (Phi) is 4.70. The molecule has 0 aliphatic heterocycles. The van der Waals surface area contributed by atoms with Gasteiger partial charge in [-0.15, -0.1) is 0 Å². The highest BCUT2D eigenvalue weighted by Gasteiger charge is 2.17. The third-order valence-electron chi connectivity index (χ3n) is 3.23. The number of hydrazine groups is 1. The Morgan fingerprint density at radius 1 is 1.25 bits per heavy atom. The molecular weight excluding hydrogens is 282 g/mol. The molecule has 0 aliphatic carbocycles. The van der Waals surface area contributed by atoms with Crippen LogP contribution in [-0.2, 0) is 6.42 Å². The van der Waals surface area contributed by atoms with Gasteiger partial charge < -0.3 is 0 Å². The third-order valence-corrected chi connectivity index (χ3v) is 3.75. The summed E-state index contributed by atoms with van der Waals surface area (Å²) < 4.78 is 26.9. The van der Waals surface area contributed by atoms with Crippen molar-refractivity contribution in [2.24, 2.45) is 5.84 Å². The predicted molar refractivity (Wildman–Crippen MR) is 76.3 cm³/mol. The first kappa shape index (κ1) is 14.9. The summed E-state index contributed by atoms with van der Waals surface area (Å²) in [5.41, 5.74) is 4.53. The largest absolute Gasteiger partial charge is 0.271 e. The van der Waals surface area contributed by atoms with Gasteiger partial charge in [0.05, 0.1) is 6.04 Å². The second-order valence-electron chi connectivity index (χ2n) is 4.64. The Labute approximate surface area is 121 Å². The van der Waals surface area contributed by atoms with Gasteiger partial charge in [-0.2, -0.15) is 0 Å². The van der Waals surface area contributed by atoms with Crippen LogP contribution in [0.25, 0.3) is 0 Å². The van der Waals surface area contributed by atoms with E-state index in [1.54, 1.807) is 0 Å². The second kappa shape index (κ2) is 6.31. The first-order chi connectivity index (χ1) is 9.52. The Bertz CT molecular complexity index is 617. The maximum Gasteiger partial charge on any atom is 0.126 e. The van der Waals surface area contributed by atoms with Gasteiger partial charge in [0.1, 0.15) is 11.6 Å². The van der Waals surface area contributed by atoms with E-state index in [4.69, 9.17) is 17.4 Å². The SMILES string of the molecule is Cc1cccc(C(Cc2cc(F)ccc2F)NN)c1Cl. The van der Waals surface area contributed by atoms with Gasteiger partial charge in [0.2, 0.25) is 0 Å². The van der Waals surface area contributed by atoms with Crippen molar-refractivity contribution in [2.75, 3.05) is 0 Å². The minimum Gasteiger partial charge on any atom is -0.271 e. The number of rotatable bonds is 4. The minimum absolute atomic E-state index is 0.212. The fourth-order valence-electron chi connectivity index (χ4n) is 2.12. The zero-order valence-electron chi connectivity index (χ0n) is 11.0. The monoisotopic (exact) mass is 296 g/mol. The van der Waals surface area contributed by atoms with E-state index in [0.29, 0.717) is 5.02 Å². The molecule has 0 heterocycles. The van der Waals surface area contributed by atoms with Crippen molar-refractivity contribution in [2.45, 2.75) is 19.4 Å². The van der Waals surface area contributed by atoms with E-state index in [1.807, 2.05) is 25.1 Å². The van der Waals surface area contributed by atoms with Crippen LogP contribution in [0.15, 0.2) is 36.4 Å². The lowest BCUT2D eigenvalue weighted by atomic mass is 9.97. The molecule has 2 aromatic rings. The summed E-state index contributed by atoms with van der Waals surface area (Å²) in [6.45, 7) is 1.88. The smallest absolute Gasteiger partial charge is 0.126 e. The average Bonchev–Trinajstić information content (AvgIpc) is 2.43. The summed E-state index contributed by atoms with van der Waals surface area (Å²) in [5, 5.41) is 0.576. The molecular formula is C15H15ClF2N2. The topological polar surface area (TPSA) is 38.0 Å². The van der Waals surface area contributed by atoms with E-state index < -0.39 is 17.7 Å². The zero-order valence-corrected chi connectivity index (χ0v) is 11.7. The number of aryl methyl sites for hydroxylation is 1. The summed E-state index contributed by atoms with van der Waals surface area (Å²) in [6, 6.07) is 8.52. The lowest BCUT2D eigenvalue weighted by Crippen LogP contribution is -2.30. The average molecular weight is 297 g/mol. The fourth-order valence-corrected chi connectivity index (χ4v) is 2.38. The molecule has 5 heteroatoms. The van der Waals surface area contributed by atoms with Crippen LogP contribution in [0, 0.1) is 18.6 Å². The number of nitrogens with one attached hydrogen (secondary N) is 1. The van der Waals surface area contributed by atoms with Crippen LogP contribution in [0.1, 0.15) is 22.7 Å². The molecule has 2 nitrogen and oxygen atoms in total. The molecule has 1 unspecified atom stereocenters. The van der Waals surface area contributed by atoms with Gasteiger partial charge in [-0.3, -0.25) is 11.3 Å². The Morgan fingerprint density at radius 3 is 2.70 bits per heavy atom. The lowest BCUT2D eigenvalue weighted by Gasteiger charge is -2.19. The standard InChI is InChI=1S/C15H15ClF2N2/c1-9-3-2-4-12(15(9)16)14(20-19)8-10-7-11(17)5-6-13(10)18/h2-7,14,20H,8,19H2,1H3. The first-order valence-electron chi connectivity index (χ1n) is 6.18. The second-order valence-corrected chi connectivity index (χ2v) is 5.02. The van der Waals surface area contributed by atoms with Crippen LogP contribution in [-0.4, -0.2) is 0 Å². The predicted octanol–water partition coefficient (Wildman–Crippen LogP) is 3.67. The number of nitrogens with two attached hydrogens (primary N) is 1. The van der Waals surface area contributed by atoms with E-state index in [-0.39, 0.29) is 12.0 Å². The van der Waals surface area contributed by atoms with Crippen molar-refractivity contribution >= 4 is 11.6 Å². The maximum atomic E-state index is 13.7. The van der Waals surface area contributed by atoms with Crippen molar-refractivity contribution in [3.8, 4) is 0 Å². The summed E-state index contributed by atoms with van der Waals surface area (Å²) in [7, 11) is 0. The molecule has 0 radical (unpaired) electrons. The van der Waals surface area contributed by atoms with Crippen LogP contribution >= 0.6 is 11.6 Å². The molecule has 20 heavy (non-hydrogen) atoms. The van der Waals surface area contributed by atoms with E-state index in [0.717, 1.165) is 23.3 Å². The molecule has 0 aromatic heterocycles. The number of halogens is 3. The van der Waals surface area contributed by atoms with Crippen molar-refractivity contribution in [3.05, 3.63) is 69.7 Å². The van der Waals surface area contributed by atoms with Crippen molar-refractivity contribution in [1.29, 1.82) is 0 Å². The molecule has 0 amide bonds. The normalized spacial score (nSPS) is 12.4. The van der Waals surface area contributed by atoms with E-state index in [2.05, 4.69) is 5.43 Å². The van der Waals surface area contributed by atoms with Gasteiger partial charge >= 0.3 is 0 Å². The Balaban J connectivity index is 2.34. The number of hydrogen-bond acceptors (Lipinski definition) is 2. The quantitative estimate of drug-likeness (QED) is 0.667. The van der Waals surface area contributed by atoms with Gasteiger partial charge in [0.15, 0.2) is 0 Å². The van der Waals surface area contributed by atoms with Crippen molar-refractivity contribution in [3.63, 3.8) is 0 Å². The summed E-state index contributed by atoms with van der Waals surface area (Å²) in [6.07, 6.45) is 0.212. The summed E-state index contributed by atoms with van der Waals surface area (Å²) in [5.74, 6) is 4.59. The minimum atomic E-state index is -0.479. The molecule has 0 fully saturated rings. The van der Waals surface area contributed by atoms with E-state index in [9.17, 15) is 8.78 Å². The van der Waals surface area contributed by atoms with Gasteiger partial charge in [0.25, 0.3) is 0 Å². The van der Waals surface area contributed by atoms with Crippen molar-refractivity contribution in [1.82, 2.24) is 5.43 Å². The van der Waals surface area contributed by atoms with Crippen LogP contribution < -0.4 is 11.3 Å². The first-order valence-corrected chi connectivity index (χ1v) is 6.55. The number of benzene rings is 2. The highest BCUT2D eigenvalue weighted by atomic mass is 35.5. The van der Waals surface area contributed by atoms with Crippen LogP contribution in [0.4, 0.5) is 8.78 Å². The Hall–Kier alpha value is -1.49. The van der Waals surface area contributed by atoms with Gasteiger partial charge in [-0.05, 0) is 48.2 Å². The Morgan fingerprint density at radius 2 is 2.00 bits per heavy atom. The molecule has 0 saturated carbocycles. The molecule has 0 saturated heterocycles. The molecule has 2 rings (SSSR count). The lowest BCUT2D eigenvalue weighted by molar-refractivity contribution is 0.523. The van der Waals surface area contributed by atoms with Crippen molar-refractivity contribution < 1.29 is 8.78 Å². The molecule has 0 aliphatic rings. The molecule has 106 valence electrons. The van der Waals surface area contributed by atoms with Gasteiger partial charge in [-0.1, -0.05) is 29.8 Å². The maximum absolute atomic E-state index is 13.7. The van der Waals surface area contributed by atoms with E-state index >= 15 is 0 Å². The molecule has 0 bridgehead atoms. The molecule has 2 aromatic carbocycles. The van der Waals surface area contributed by atoms with Crippen LogP contribution in [0.3, 0.4) is 0 Å². The summed E-state index contributed by atoms with van der Waals surface area (Å²) in [4.78, 5) is 0. The molecule has 3 N–H and O–H groups in total. The van der Waals surface area contributed by atoms with Crippen LogP contribution in [0.2, 0.25) is 5.02 Å². The highest BCUT2D eigenvalue weighted by Crippen LogP contribution is 2.28. The molecule has 0 spiro atoms. The van der Waals surface area contributed by atoms with E-state index in [1.165, 1.54) is 6.07 Å². The molecule has 1 atom stereocenters.